The van der Waals surface area contributed by atoms with Crippen LogP contribution in [-0.4, -0.2) is 46.6 Å². The van der Waals surface area contributed by atoms with Crippen LogP contribution < -0.4 is 4.74 Å². The molecule has 6 rings (SSSR count). The van der Waals surface area contributed by atoms with Gasteiger partial charge in [-0.2, -0.15) is 0 Å². The first-order valence-electron chi connectivity index (χ1n) is 9.02. The normalized spacial score (nSPS) is 25.4. The van der Waals surface area contributed by atoms with Crippen LogP contribution >= 0.6 is 0 Å². The zero-order valence-electron chi connectivity index (χ0n) is 14.4. The van der Waals surface area contributed by atoms with Crippen LogP contribution in [-0.2, 0) is 0 Å². The van der Waals surface area contributed by atoms with Crippen LogP contribution in [0.2, 0.25) is 0 Å². The summed E-state index contributed by atoms with van der Waals surface area (Å²) in [5.41, 5.74) is 2.07. The Balaban J connectivity index is 1.46. The molecule has 2 bridgehead atoms. The van der Waals surface area contributed by atoms with E-state index >= 15 is 0 Å². The van der Waals surface area contributed by atoms with Crippen molar-refractivity contribution in [3.63, 3.8) is 0 Å². The molecule has 0 unspecified atom stereocenters. The van der Waals surface area contributed by atoms with Gasteiger partial charge in [-0.15, -0.1) is 5.10 Å². The van der Waals surface area contributed by atoms with Crippen molar-refractivity contribution in [2.45, 2.75) is 18.9 Å². The Hall–Kier alpha value is -2.40. The van der Waals surface area contributed by atoms with Crippen LogP contribution in [0.5, 0.6) is 5.75 Å². The third-order valence-corrected chi connectivity index (χ3v) is 5.81. The summed E-state index contributed by atoms with van der Waals surface area (Å²) in [6, 6.07) is 13.1. The molecule has 0 amide bonds. The van der Waals surface area contributed by atoms with E-state index in [0.29, 0.717) is 6.04 Å². The minimum absolute atomic E-state index is 0.480. The predicted molar refractivity (Wildman–Crippen MR) is 97.7 cm³/mol. The molecule has 0 radical (unpaired) electrons. The molecule has 128 valence electrons. The zero-order valence-corrected chi connectivity index (χ0v) is 14.4. The zero-order chi connectivity index (χ0) is 16.8. The van der Waals surface area contributed by atoms with Gasteiger partial charge in [0.1, 0.15) is 11.4 Å². The average molecular weight is 334 g/mol. The number of fused-ring (bicyclic) bond motifs is 4. The molecule has 1 aromatic heterocycles. The van der Waals surface area contributed by atoms with E-state index < -0.39 is 0 Å². The summed E-state index contributed by atoms with van der Waals surface area (Å²) in [6.45, 7) is 3.61. The Morgan fingerprint density at radius 1 is 1.04 bits per heavy atom. The van der Waals surface area contributed by atoms with Gasteiger partial charge in [0.05, 0.1) is 19.3 Å². The monoisotopic (exact) mass is 334 g/mol. The number of methoxy groups -OCH3 is 1. The van der Waals surface area contributed by atoms with E-state index in [2.05, 4.69) is 56.4 Å². The maximum Gasteiger partial charge on any atom is 0.119 e. The van der Waals surface area contributed by atoms with Crippen LogP contribution in [0.3, 0.4) is 0 Å². The highest BCUT2D eigenvalue weighted by molar-refractivity contribution is 5.87. The number of aromatic nitrogens is 3. The predicted octanol–water partition coefficient (Wildman–Crippen LogP) is 3.37. The third kappa shape index (κ3) is 2.59. The Morgan fingerprint density at radius 2 is 1.84 bits per heavy atom. The van der Waals surface area contributed by atoms with Gasteiger partial charge in [-0.25, -0.2) is 4.68 Å². The van der Waals surface area contributed by atoms with Gasteiger partial charge in [-0.3, -0.25) is 0 Å². The molecule has 5 heteroatoms. The summed E-state index contributed by atoms with van der Waals surface area (Å²) >= 11 is 0. The SMILES string of the molecule is COc1ccc2cc(-c3cn([C@H]4CN5CCC4CC5)nn3)ccc2c1. The first kappa shape index (κ1) is 14.9. The Kier molecular flexibility index (Phi) is 3.48. The Labute approximate surface area is 147 Å². The largest absolute Gasteiger partial charge is 0.497 e. The van der Waals surface area contributed by atoms with Crippen LogP contribution in [0.25, 0.3) is 22.0 Å². The van der Waals surface area contributed by atoms with Crippen LogP contribution in [0.4, 0.5) is 0 Å². The lowest BCUT2D eigenvalue weighted by atomic mass is 9.84. The molecular weight excluding hydrogens is 312 g/mol. The summed E-state index contributed by atoms with van der Waals surface area (Å²) in [5, 5.41) is 11.3. The van der Waals surface area contributed by atoms with E-state index in [4.69, 9.17) is 4.74 Å². The molecule has 0 aliphatic carbocycles. The number of rotatable bonds is 3. The molecular formula is C20H22N4O. The van der Waals surface area contributed by atoms with Gasteiger partial charge in [-0.05, 0) is 60.8 Å². The van der Waals surface area contributed by atoms with Gasteiger partial charge in [-0.1, -0.05) is 23.4 Å². The molecule has 5 nitrogen and oxygen atoms in total. The minimum atomic E-state index is 0.480. The highest BCUT2D eigenvalue weighted by Gasteiger charge is 2.35. The fourth-order valence-corrected chi connectivity index (χ4v) is 4.31. The fraction of sp³-hybridized carbons (Fsp3) is 0.400. The van der Waals surface area contributed by atoms with E-state index in [-0.39, 0.29) is 0 Å². The average Bonchev–Trinajstić information content (AvgIpc) is 3.18. The van der Waals surface area contributed by atoms with Gasteiger partial charge in [0.15, 0.2) is 0 Å². The number of piperidine rings is 3. The Morgan fingerprint density at radius 3 is 2.60 bits per heavy atom. The van der Waals surface area contributed by atoms with Gasteiger partial charge < -0.3 is 9.64 Å². The molecule has 4 heterocycles. The number of hydrogen-bond donors (Lipinski definition) is 0. The Bertz CT molecular complexity index is 911. The van der Waals surface area contributed by atoms with Crippen LogP contribution in [0.15, 0.2) is 42.6 Å². The number of benzene rings is 2. The van der Waals surface area contributed by atoms with E-state index in [1.807, 2.05) is 6.07 Å². The second kappa shape index (κ2) is 5.85. The van der Waals surface area contributed by atoms with Crippen molar-refractivity contribution in [1.82, 2.24) is 19.9 Å². The maximum atomic E-state index is 5.30. The van der Waals surface area contributed by atoms with Crippen molar-refractivity contribution in [3.05, 3.63) is 42.6 Å². The van der Waals surface area contributed by atoms with Gasteiger partial charge in [0.25, 0.3) is 0 Å². The molecule has 25 heavy (non-hydrogen) atoms. The van der Waals surface area contributed by atoms with Crippen LogP contribution in [0, 0.1) is 5.92 Å². The second-order valence-corrected chi connectivity index (χ2v) is 7.22. The maximum absolute atomic E-state index is 5.30. The third-order valence-electron chi connectivity index (χ3n) is 5.81. The van der Waals surface area contributed by atoms with Gasteiger partial charge >= 0.3 is 0 Å². The molecule has 0 N–H and O–H groups in total. The molecule has 1 atom stereocenters. The van der Waals surface area contributed by atoms with Gasteiger partial charge in [0, 0.05) is 12.1 Å². The van der Waals surface area contributed by atoms with Crippen molar-refractivity contribution < 1.29 is 4.74 Å². The first-order valence-corrected chi connectivity index (χ1v) is 9.02. The smallest absolute Gasteiger partial charge is 0.119 e. The van der Waals surface area contributed by atoms with Crippen molar-refractivity contribution in [2.24, 2.45) is 5.92 Å². The summed E-state index contributed by atoms with van der Waals surface area (Å²) in [5.74, 6) is 1.64. The standard InChI is InChI=1S/C20H22N4O/c1-25-18-5-4-15-10-17(3-2-16(15)11-18)19-12-24(22-21-19)20-13-23-8-6-14(20)7-9-23/h2-5,10-12,14,20H,6-9,13H2,1H3/t20-/m0/s1. The number of ether oxygens (including phenoxy) is 1. The van der Waals surface area contributed by atoms with Crippen molar-refractivity contribution >= 4 is 10.8 Å². The van der Waals surface area contributed by atoms with Crippen molar-refractivity contribution in [1.29, 1.82) is 0 Å². The topological polar surface area (TPSA) is 43.2 Å². The summed E-state index contributed by atoms with van der Waals surface area (Å²) in [6.07, 6.45) is 4.70. The number of hydrogen-bond acceptors (Lipinski definition) is 4. The molecule has 0 saturated carbocycles. The lowest BCUT2D eigenvalue weighted by Gasteiger charge is -2.44. The molecule has 3 aromatic rings. The molecule has 3 aliphatic rings. The molecule has 2 aromatic carbocycles. The molecule has 3 fully saturated rings. The van der Waals surface area contributed by atoms with Crippen molar-refractivity contribution in [3.8, 4) is 17.0 Å². The minimum Gasteiger partial charge on any atom is -0.497 e. The van der Waals surface area contributed by atoms with E-state index in [9.17, 15) is 0 Å². The van der Waals surface area contributed by atoms with Gasteiger partial charge in [0.2, 0.25) is 0 Å². The van der Waals surface area contributed by atoms with E-state index in [1.165, 1.54) is 36.7 Å². The second-order valence-electron chi connectivity index (χ2n) is 7.22. The summed E-state index contributed by atoms with van der Waals surface area (Å²) in [7, 11) is 1.70. The van der Waals surface area contributed by atoms with E-state index in [1.54, 1.807) is 7.11 Å². The highest BCUT2D eigenvalue weighted by atomic mass is 16.5. The lowest BCUT2D eigenvalue weighted by molar-refractivity contribution is 0.0504. The first-order chi connectivity index (χ1) is 12.3. The van der Waals surface area contributed by atoms with Crippen molar-refractivity contribution in [2.75, 3.05) is 26.7 Å². The van der Waals surface area contributed by atoms with Crippen LogP contribution in [0.1, 0.15) is 18.9 Å². The number of nitrogens with zero attached hydrogens (tertiary/aromatic N) is 4. The fourth-order valence-electron chi connectivity index (χ4n) is 4.31. The van der Waals surface area contributed by atoms with E-state index in [0.717, 1.165) is 29.5 Å². The molecule has 0 spiro atoms. The molecule has 3 aliphatic heterocycles. The lowest BCUT2D eigenvalue weighted by Crippen LogP contribution is -2.48. The quantitative estimate of drug-likeness (QED) is 0.736. The molecule has 3 saturated heterocycles. The summed E-state index contributed by atoms with van der Waals surface area (Å²) < 4.78 is 7.40. The summed E-state index contributed by atoms with van der Waals surface area (Å²) in [4.78, 5) is 2.55. The highest BCUT2D eigenvalue weighted by Crippen LogP contribution is 2.35.